The van der Waals surface area contributed by atoms with Crippen LogP contribution in [0.1, 0.15) is 38.7 Å². The Balaban J connectivity index is 2.11. The Kier molecular flexibility index (Phi) is 5.82. The van der Waals surface area contributed by atoms with E-state index in [1.165, 1.54) is 0 Å². The third-order valence-corrected chi connectivity index (χ3v) is 4.73. The number of nitrogens with zero attached hydrogens (tertiary/aromatic N) is 1. The van der Waals surface area contributed by atoms with Gasteiger partial charge in [-0.25, -0.2) is 0 Å². The van der Waals surface area contributed by atoms with Crippen LogP contribution < -0.4 is 5.73 Å². The van der Waals surface area contributed by atoms with Gasteiger partial charge in [0.1, 0.15) is 0 Å². The van der Waals surface area contributed by atoms with Crippen molar-refractivity contribution in [2.45, 2.75) is 45.7 Å². The maximum absolute atomic E-state index is 12.8. The predicted octanol–water partition coefficient (Wildman–Crippen LogP) is 3.56. The molecule has 1 aromatic carbocycles. The summed E-state index contributed by atoms with van der Waals surface area (Å²) in [6.45, 7) is 5.41. The van der Waals surface area contributed by atoms with E-state index in [0.29, 0.717) is 25.0 Å². The Morgan fingerprint density at radius 2 is 2.05 bits per heavy atom. The van der Waals surface area contributed by atoms with E-state index in [1.54, 1.807) is 0 Å². The van der Waals surface area contributed by atoms with E-state index < -0.39 is 0 Å². The van der Waals surface area contributed by atoms with E-state index in [9.17, 15) is 4.79 Å². The largest absolute Gasteiger partial charge is 0.335 e. The molecule has 0 saturated heterocycles. The highest BCUT2D eigenvalue weighted by Gasteiger charge is 2.35. The van der Waals surface area contributed by atoms with Crippen molar-refractivity contribution in [1.29, 1.82) is 0 Å². The number of carbonyl (C=O) groups is 1. The first kappa shape index (κ1) is 16.5. The summed E-state index contributed by atoms with van der Waals surface area (Å²) in [5.41, 5.74) is 7.01. The molecule has 4 heteroatoms. The van der Waals surface area contributed by atoms with Gasteiger partial charge in [0.2, 0.25) is 5.91 Å². The lowest BCUT2D eigenvalue weighted by Crippen LogP contribution is -2.40. The summed E-state index contributed by atoms with van der Waals surface area (Å²) in [4.78, 5) is 14.9. The smallest absolute Gasteiger partial charge is 0.227 e. The minimum Gasteiger partial charge on any atom is -0.335 e. The van der Waals surface area contributed by atoms with Crippen LogP contribution in [0, 0.1) is 11.8 Å². The van der Waals surface area contributed by atoms with Crippen LogP contribution in [0.2, 0.25) is 0 Å². The van der Waals surface area contributed by atoms with Crippen LogP contribution in [0.5, 0.6) is 0 Å². The first-order valence-electron chi connectivity index (χ1n) is 7.76. The van der Waals surface area contributed by atoms with Gasteiger partial charge in [-0.3, -0.25) is 4.79 Å². The van der Waals surface area contributed by atoms with E-state index in [0.717, 1.165) is 29.3 Å². The summed E-state index contributed by atoms with van der Waals surface area (Å²) in [5, 5.41) is 0. The van der Waals surface area contributed by atoms with Crippen molar-refractivity contribution in [3.05, 3.63) is 34.3 Å². The molecule has 2 rings (SSSR count). The molecule has 0 heterocycles. The SMILES string of the molecule is CC(C)CC(CN)C(=O)N(Cc1ccccc1Br)C1CC1. The fourth-order valence-electron chi connectivity index (χ4n) is 2.68. The lowest BCUT2D eigenvalue weighted by Gasteiger charge is -2.28. The van der Waals surface area contributed by atoms with Crippen LogP contribution in [-0.4, -0.2) is 23.4 Å². The average Bonchev–Trinajstić information content (AvgIpc) is 3.27. The molecule has 1 atom stereocenters. The van der Waals surface area contributed by atoms with Gasteiger partial charge in [0.15, 0.2) is 0 Å². The molecular formula is C17H25BrN2O. The van der Waals surface area contributed by atoms with Crippen molar-refractivity contribution < 1.29 is 4.79 Å². The fraction of sp³-hybridized carbons (Fsp3) is 0.588. The number of halogens is 1. The summed E-state index contributed by atoms with van der Waals surface area (Å²) >= 11 is 3.58. The Bertz CT molecular complexity index is 485. The molecule has 2 N–H and O–H groups in total. The molecule has 1 aromatic rings. The van der Waals surface area contributed by atoms with E-state index in [-0.39, 0.29) is 11.8 Å². The van der Waals surface area contributed by atoms with Crippen LogP contribution >= 0.6 is 15.9 Å². The van der Waals surface area contributed by atoms with Gasteiger partial charge < -0.3 is 10.6 Å². The minimum absolute atomic E-state index is 0.0481. The summed E-state index contributed by atoms with van der Waals surface area (Å²) < 4.78 is 1.07. The Hall–Kier alpha value is -0.870. The topological polar surface area (TPSA) is 46.3 Å². The fourth-order valence-corrected chi connectivity index (χ4v) is 3.09. The highest BCUT2D eigenvalue weighted by atomic mass is 79.9. The molecule has 116 valence electrons. The molecule has 1 aliphatic rings. The predicted molar refractivity (Wildman–Crippen MR) is 89.7 cm³/mol. The molecule has 0 bridgehead atoms. The molecule has 0 spiro atoms. The van der Waals surface area contributed by atoms with Crippen molar-refractivity contribution in [1.82, 2.24) is 4.90 Å². The summed E-state index contributed by atoms with van der Waals surface area (Å²) in [6.07, 6.45) is 3.11. The first-order chi connectivity index (χ1) is 10.0. The monoisotopic (exact) mass is 352 g/mol. The molecule has 21 heavy (non-hydrogen) atoms. The van der Waals surface area contributed by atoms with Gasteiger partial charge in [-0.05, 0) is 36.8 Å². The Morgan fingerprint density at radius 3 is 2.57 bits per heavy atom. The van der Waals surface area contributed by atoms with Crippen LogP contribution in [0.3, 0.4) is 0 Å². The number of hydrogen-bond acceptors (Lipinski definition) is 2. The Labute approximate surface area is 136 Å². The Morgan fingerprint density at radius 1 is 1.38 bits per heavy atom. The van der Waals surface area contributed by atoms with E-state index in [1.807, 2.05) is 23.1 Å². The van der Waals surface area contributed by atoms with Crippen molar-refractivity contribution in [3.63, 3.8) is 0 Å². The van der Waals surface area contributed by atoms with Crippen LogP contribution in [0.15, 0.2) is 28.7 Å². The van der Waals surface area contributed by atoms with E-state index in [4.69, 9.17) is 5.73 Å². The van der Waals surface area contributed by atoms with Gasteiger partial charge in [0, 0.05) is 23.6 Å². The minimum atomic E-state index is -0.0481. The molecule has 1 aliphatic carbocycles. The molecule has 0 aliphatic heterocycles. The highest BCUT2D eigenvalue weighted by Crippen LogP contribution is 2.31. The standard InChI is InChI=1S/C17H25BrN2O/c1-12(2)9-14(10-19)17(21)20(15-7-8-15)11-13-5-3-4-6-16(13)18/h3-6,12,14-15H,7-11,19H2,1-2H3. The zero-order valence-corrected chi connectivity index (χ0v) is 14.5. The molecule has 3 nitrogen and oxygen atoms in total. The zero-order valence-electron chi connectivity index (χ0n) is 12.9. The third-order valence-electron chi connectivity index (χ3n) is 3.96. The third kappa shape index (κ3) is 4.55. The van der Waals surface area contributed by atoms with Gasteiger partial charge in [0.25, 0.3) is 0 Å². The summed E-state index contributed by atoms with van der Waals surface area (Å²) in [5.74, 6) is 0.671. The highest BCUT2D eigenvalue weighted by molar-refractivity contribution is 9.10. The quantitative estimate of drug-likeness (QED) is 0.815. The second kappa shape index (κ2) is 7.41. The maximum atomic E-state index is 12.8. The van der Waals surface area contributed by atoms with Crippen LogP contribution in [0.25, 0.3) is 0 Å². The molecular weight excluding hydrogens is 328 g/mol. The number of rotatable bonds is 7. The van der Waals surface area contributed by atoms with Crippen molar-refractivity contribution >= 4 is 21.8 Å². The summed E-state index contributed by atoms with van der Waals surface area (Å²) in [6, 6.07) is 8.53. The van der Waals surface area contributed by atoms with Gasteiger partial charge in [-0.2, -0.15) is 0 Å². The molecule has 1 unspecified atom stereocenters. The van der Waals surface area contributed by atoms with Crippen molar-refractivity contribution in [2.24, 2.45) is 17.6 Å². The molecule has 0 radical (unpaired) electrons. The number of amides is 1. The average molecular weight is 353 g/mol. The maximum Gasteiger partial charge on any atom is 0.227 e. The van der Waals surface area contributed by atoms with Crippen LogP contribution in [0.4, 0.5) is 0 Å². The van der Waals surface area contributed by atoms with Crippen molar-refractivity contribution in [2.75, 3.05) is 6.54 Å². The van der Waals surface area contributed by atoms with Gasteiger partial charge in [0.05, 0.1) is 5.92 Å². The molecule has 0 aromatic heterocycles. The molecule has 1 fully saturated rings. The number of nitrogens with two attached hydrogens (primary N) is 1. The first-order valence-corrected chi connectivity index (χ1v) is 8.56. The van der Waals surface area contributed by atoms with E-state index >= 15 is 0 Å². The second-order valence-electron chi connectivity index (χ2n) is 6.35. The van der Waals surface area contributed by atoms with Gasteiger partial charge >= 0.3 is 0 Å². The number of benzene rings is 1. The molecule has 1 amide bonds. The van der Waals surface area contributed by atoms with E-state index in [2.05, 4.69) is 35.8 Å². The van der Waals surface area contributed by atoms with Gasteiger partial charge in [-0.15, -0.1) is 0 Å². The lowest BCUT2D eigenvalue weighted by atomic mass is 9.95. The van der Waals surface area contributed by atoms with Crippen molar-refractivity contribution in [3.8, 4) is 0 Å². The normalized spacial score (nSPS) is 16.0. The second-order valence-corrected chi connectivity index (χ2v) is 7.21. The van der Waals surface area contributed by atoms with Crippen LogP contribution in [-0.2, 0) is 11.3 Å². The number of carbonyl (C=O) groups excluding carboxylic acids is 1. The number of hydrogen-bond donors (Lipinski definition) is 1. The zero-order chi connectivity index (χ0) is 15.4. The lowest BCUT2D eigenvalue weighted by molar-refractivity contribution is -0.137. The summed E-state index contributed by atoms with van der Waals surface area (Å²) in [7, 11) is 0. The van der Waals surface area contributed by atoms with Gasteiger partial charge in [-0.1, -0.05) is 48.0 Å². The molecule has 1 saturated carbocycles.